The molecule has 0 rings (SSSR count). The standard InChI is InChI=1S/C11H21NO3S.Na.H/c1-2-3-4-5-6-7-10(13)12-9(8-16)11(14)15;;/h9,16H,2-8H2,1H3,(H,12,13)(H,14,15);;. The van der Waals surface area contributed by atoms with Crippen molar-refractivity contribution in [2.24, 2.45) is 0 Å². The number of carboxylic acids is 1. The molecule has 1 unspecified atom stereocenters. The fourth-order valence-electron chi connectivity index (χ4n) is 1.34. The molecule has 1 amide bonds. The zero-order valence-electron chi connectivity index (χ0n) is 9.74. The van der Waals surface area contributed by atoms with Crippen LogP contribution >= 0.6 is 12.6 Å². The molecule has 0 bridgehead atoms. The van der Waals surface area contributed by atoms with Gasteiger partial charge in [0, 0.05) is 12.2 Å². The third kappa shape index (κ3) is 11.1. The van der Waals surface area contributed by atoms with Crippen LogP contribution in [-0.4, -0.2) is 58.3 Å². The average molecular weight is 271 g/mol. The first-order valence-corrected chi connectivity index (χ1v) is 6.38. The van der Waals surface area contributed by atoms with Crippen LogP contribution in [0.25, 0.3) is 0 Å². The van der Waals surface area contributed by atoms with Crippen molar-refractivity contribution in [2.75, 3.05) is 5.75 Å². The molecule has 0 fully saturated rings. The number of rotatable bonds is 9. The van der Waals surface area contributed by atoms with Crippen LogP contribution < -0.4 is 5.32 Å². The Labute approximate surface area is 131 Å². The van der Waals surface area contributed by atoms with Crippen molar-refractivity contribution >= 4 is 54.1 Å². The van der Waals surface area contributed by atoms with Gasteiger partial charge in [0.05, 0.1) is 0 Å². The Hall–Kier alpha value is 0.290. The van der Waals surface area contributed by atoms with E-state index in [2.05, 4.69) is 24.9 Å². The maximum absolute atomic E-state index is 11.3. The van der Waals surface area contributed by atoms with Crippen molar-refractivity contribution in [2.45, 2.75) is 51.5 Å². The molecule has 0 aromatic heterocycles. The molecule has 0 aliphatic rings. The Kier molecular flexibility index (Phi) is 14.7. The van der Waals surface area contributed by atoms with Gasteiger partial charge in [-0.05, 0) is 6.42 Å². The van der Waals surface area contributed by atoms with Crippen LogP contribution in [0.15, 0.2) is 0 Å². The van der Waals surface area contributed by atoms with E-state index in [1.54, 1.807) is 0 Å². The summed E-state index contributed by atoms with van der Waals surface area (Å²) in [6, 6.07) is -0.869. The first-order valence-electron chi connectivity index (χ1n) is 5.74. The number of carboxylic acid groups (broad SMARTS) is 1. The second-order valence-corrected chi connectivity index (χ2v) is 4.17. The molecule has 0 aliphatic heterocycles. The zero-order chi connectivity index (χ0) is 12.4. The number of carbonyl (C=O) groups is 2. The second kappa shape index (κ2) is 12.7. The Morgan fingerprint density at radius 3 is 2.29 bits per heavy atom. The fourth-order valence-corrected chi connectivity index (χ4v) is 1.59. The predicted octanol–water partition coefficient (Wildman–Crippen LogP) is 1.20. The molecule has 0 saturated heterocycles. The molecule has 1 atom stereocenters. The monoisotopic (exact) mass is 271 g/mol. The maximum atomic E-state index is 11.3. The van der Waals surface area contributed by atoms with Crippen molar-refractivity contribution in [1.29, 1.82) is 0 Å². The van der Waals surface area contributed by atoms with E-state index in [9.17, 15) is 9.59 Å². The summed E-state index contributed by atoms with van der Waals surface area (Å²) in [7, 11) is 0. The molecule has 0 spiro atoms. The van der Waals surface area contributed by atoms with Gasteiger partial charge in [0.15, 0.2) is 0 Å². The van der Waals surface area contributed by atoms with Gasteiger partial charge < -0.3 is 10.4 Å². The van der Waals surface area contributed by atoms with Crippen molar-refractivity contribution < 1.29 is 14.7 Å². The summed E-state index contributed by atoms with van der Waals surface area (Å²) >= 11 is 3.87. The summed E-state index contributed by atoms with van der Waals surface area (Å²) in [4.78, 5) is 22.0. The number of carbonyl (C=O) groups excluding carboxylic acids is 1. The van der Waals surface area contributed by atoms with E-state index in [-0.39, 0.29) is 41.2 Å². The summed E-state index contributed by atoms with van der Waals surface area (Å²) in [6.45, 7) is 2.14. The van der Waals surface area contributed by atoms with Crippen molar-refractivity contribution in [3.8, 4) is 0 Å². The zero-order valence-corrected chi connectivity index (χ0v) is 10.6. The number of hydrogen-bond acceptors (Lipinski definition) is 3. The third-order valence-electron chi connectivity index (χ3n) is 2.32. The Morgan fingerprint density at radius 2 is 1.82 bits per heavy atom. The van der Waals surface area contributed by atoms with Gasteiger partial charge in [-0.3, -0.25) is 4.79 Å². The quantitative estimate of drug-likeness (QED) is 0.335. The molecule has 0 aromatic rings. The van der Waals surface area contributed by atoms with Crippen LogP contribution in [0.1, 0.15) is 45.4 Å². The van der Waals surface area contributed by atoms with Crippen LogP contribution in [0.2, 0.25) is 0 Å². The third-order valence-corrected chi connectivity index (χ3v) is 2.69. The van der Waals surface area contributed by atoms with Crippen LogP contribution in [0, 0.1) is 0 Å². The summed E-state index contributed by atoms with van der Waals surface area (Å²) in [6.07, 6.45) is 5.76. The second-order valence-electron chi connectivity index (χ2n) is 3.81. The first-order chi connectivity index (χ1) is 7.61. The van der Waals surface area contributed by atoms with Gasteiger partial charge in [0.2, 0.25) is 5.91 Å². The molecule has 0 saturated carbocycles. The van der Waals surface area contributed by atoms with E-state index in [4.69, 9.17) is 5.11 Å². The molecule has 0 aromatic carbocycles. The summed E-state index contributed by atoms with van der Waals surface area (Å²) < 4.78 is 0. The summed E-state index contributed by atoms with van der Waals surface area (Å²) in [5.41, 5.74) is 0. The number of unbranched alkanes of at least 4 members (excludes halogenated alkanes) is 4. The summed E-state index contributed by atoms with van der Waals surface area (Å²) in [5, 5.41) is 11.1. The van der Waals surface area contributed by atoms with Gasteiger partial charge in [-0.1, -0.05) is 32.6 Å². The van der Waals surface area contributed by atoms with Crippen LogP contribution in [-0.2, 0) is 9.59 Å². The number of aliphatic carboxylic acids is 1. The van der Waals surface area contributed by atoms with Gasteiger partial charge in [-0.15, -0.1) is 0 Å². The van der Waals surface area contributed by atoms with Gasteiger partial charge in [0.1, 0.15) is 6.04 Å². The van der Waals surface area contributed by atoms with Crippen LogP contribution in [0.5, 0.6) is 0 Å². The number of nitrogens with one attached hydrogen (secondary N) is 1. The van der Waals surface area contributed by atoms with E-state index in [0.717, 1.165) is 19.3 Å². The molecule has 4 nitrogen and oxygen atoms in total. The Morgan fingerprint density at radius 1 is 1.24 bits per heavy atom. The van der Waals surface area contributed by atoms with E-state index in [0.29, 0.717) is 6.42 Å². The van der Waals surface area contributed by atoms with Gasteiger partial charge in [0.25, 0.3) is 0 Å². The Balaban J connectivity index is 0. The molecule has 0 aliphatic carbocycles. The molecule has 0 radical (unpaired) electrons. The average Bonchev–Trinajstić information content (AvgIpc) is 2.25. The predicted molar refractivity (Wildman–Crippen MR) is 73.9 cm³/mol. The number of hydrogen-bond donors (Lipinski definition) is 3. The minimum atomic E-state index is -1.03. The van der Waals surface area contributed by atoms with Gasteiger partial charge in [-0.25, -0.2) is 4.79 Å². The molecular formula is C11H22NNaO3S. The van der Waals surface area contributed by atoms with Crippen LogP contribution in [0.3, 0.4) is 0 Å². The normalized spacial score (nSPS) is 11.4. The minimum absolute atomic E-state index is 0. The van der Waals surface area contributed by atoms with E-state index in [1.807, 2.05) is 0 Å². The molecule has 2 N–H and O–H groups in total. The van der Waals surface area contributed by atoms with E-state index < -0.39 is 12.0 Å². The van der Waals surface area contributed by atoms with Crippen molar-refractivity contribution in [1.82, 2.24) is 5.32 Å². The SMILES string of the molecule is CCCCCCCC(=O)NC(CS)C(=O)O.[NaH]. The van der Waals surface area contributed by atoms with E-state index >= 15 is 0 Å². The topological polar surface area (TPSA) is 66.4 Å². The molecule has 6 heteroatoms. The first kappa shape index (κ1) is 19.6. The van der Waals surface area contributed by atoms with Crippen molar-refractivity contribution in [3.63, 3.8) is 0 Å². The van der Waals surface area contributed by atoms with E-state index in [1.165, 1.54) is 12.8 Å². The molecule has 96 valence electrons. The summed E-state index contributed by atoms with van der Waals surface area (Å²) in [5.74, 6) is -1.11. The molecule has 0 heterocycles. The molecular weight excluding hydrogens is 249 g/mol. The fraction of sp³-hybridized carbons (Fsp3) is 0.818. The van der Waals surface area contributed by atoms with Gasteiger partial charge >= 0.3 is 35.5 Å². The van der Waals surface area contributed by atoms with Crippen molar-refractivity contribution in [3.05, 3.63) is 0 Å². The van der Waals surface area contributed by atoms with Gasteiger partial charge in [-0.2, -0.15) is 12.6 Å². The Bertz CT molecular complexity index is 227. The number of amides is 1. The van der Waals surface area contributed by atoms with Crippen LogP contribution in [0.4, 0.5) is 0 Å². The number of thiol groups is 1. The molecule has 17 heavy (non-hydrogen) atoms.